The van der Waals surface area contributed by atoms with Crippen LogP contribution in [-0.4, -0.2) is 32.8 Å². The second-order valence-corrected chi connectivity index (χ2v) is 5.37. The van der Waals surface area contributed by atoms with Crippen molar-refractivity contribution >= 4 is 21.8 Å². The molecule has 0 bridgehead atoms. The van der Waals surface area contributed by atoms with Gasteiger partial charge in [-0.2, -0.15) is 0 Å². The number of methoxy groups -OCH3 is 1. The maximum Gasteiger partial charge on any atom is 0.257 e. The minimum Gasteiger partial charge on any atom is -0.483 e. The quantitative estimate of drug-likeness (QED) is 0.707. The van der Waals surface area contributed by atoms with Crippen molar-refractivity contribution in [1.29, 1.82) is 0 Å². The Morgan fingerprint density at radius 2 is 2.25 bits per heavy atom. The van der Waals surface area contributed by atoms with Gasteiger partial charge in [-0.05, 0) is 25.5 Å². The minimum absolute atomic E-state index is 0.0246. The summed E-state index contributed by atoms with van der Waals surface area (Å²) >= 11 is 3.38. The number of amides is 1. The first-order valence-corrected chi connectivity index (χ1v) is 7.27. The number of benzene rings is 1. The van der Waals surface area contributed by atoms with Crippen molar-refractivity contribution in [3.8, 4) is 5.75 Å². The summed E-state index contributed by atoms with van der Waals surface area (Å²) in [5.74, 6) is 0.470. The molecule has 1 rings (SSSR count). The van der Waals surface area contributed by atoms with E-state index in [4.69, 9.17) is 15.2 Å². The number of carbonyl (C=O) groups excluding carboxylic acids is 1. The van der Waals surface area contributed by atoms with Crippen LogP contribution in [0, 0.1) is 0 Å². The van der Waals surface area contributed by atoms with Crippen LogP contribution in [0.25, 0.3) is 0 Å². The molecule has 20 heavy (non-hydrogen) atoms. The van der Waals surface area contributed by atoms with Gasteiger partial charge >= 0.3 is 0 Å². The molecule has 1 aromatic carbocycles. The smallest absolute Gasteiger partial charge is 0.257 e. The maximum atomic E-state index is 11.6. The Morgan fingerprint density at radius 1 is 1.50 bits per heavy atom. The second kappa shape index (κ2) is 8.94. The molecule has 112 valence electrons. The van der Waals surface area contributed by atoms with Gasteiger partial charge in [0.05, 0.1) is 0 Å². The lowest BCUT2D eigenvalue weighted by atomic mass is 10.1. The SMILES string of the molecule is COCCCNC(=O)COc1cc(Br)ccc1[C@H](C)N. The van der Waals surface area contributed by atoms with E-state index >= 15 is 0 Å². The van der Waals surface area contributed by atoms with Gasteiger partial charge < -0.3 is 20.5 Å². The molecule has 0 unspecified atom stereocenters. The molecule has 0 fully saturated rings. The number of nitrogens with two attached hydrogens (primary N) is 1. The number of halogens is 1. The third-order valence-corrected chi connectivity index (χ3v) is 3.17. The molecule has 0 saturated carbocycles. The van der Waals surface area contributed by atoms with E-state index in [2.05, 4.69) is 21.2 Å². The highest BCUT2D eigenvalue weighted by molar-refractivity contribution is 9.10. The van der Waals surface area contributed by atoms with E-state index < -0.39 is 0 Å². The van der Waals surface area contributed by atoms with Crippen LogP contribution in [-0.2, 0) is 9.53 Å². The van der Waals surface area contributed by atoms with Gasteiger partial charge in [-0.15, -0.1) is 0 Å². The molecule has 0 heterocycles. The predicted octanol–water partition coefficient (Wildman–Crippen LogP) is 2.00. The van der Waals surface area contributed by atoms with Crippen LogP contribution in [0.5, 0.6) is 5.75 Å². The van der Waals surface area contributed by atoms with E-state index in [1.807, 2.05) is 25.1 Å². The Morgan fingerprint density at radius 3 is 2.90 bits per heavy atom. The van der Waals surface area contributed by atoms with Gasteiger partial charge in [-0.3, -0.25) is 4.79 Å². The molecular formula is C14H21BrN2O3. The number of carbonyl (C=O) groups is 1. The first kappa shape index (κ1) is 16.9. The van der Waals surface area contributed by atoms with Crippen molar-refractivity contribution < 1.29 is 14.3 Å². The fraction of sp³-hybridized carbons (Fsp3) is 0.500. The van der Waals surface area contributed by atoms with Crippen LogP contribution >= 0.6 is 15.9 Å². The van der Waals surface area contributed by atoms with Gasteiger partial charge in [0.15, 0.2) is 6.61 Å². The van der Waals surface area contributed by atoms with Crippen molar-refractivity contribution in [3.63, 3.8) is 0 Å². The maximum absolute atomic E-state index is 11.6. The molecule has 0 spiro atoms. The Bertz CT molecular complexity index is 438. The van der Waals surface area contributed by atoms with Crippen molar-refractivity contribution in [2.75, 3.05) is 26.9 Å². The predicted molar refractivity (Wildman–Crippen MR) is 81.7 cm³/mol. The Hall–Kier alpha value is -1.11. The third-order valence-electron chi connectivity index (χ3n) is 2.67. The average molecular weight is 345 g/mol. The van der Waals surface area contributed by atoms with E-state index in [0.717, 1.165) is 16.5 Å². The number of hydrogen-bond acceptors (Lipinski definition) is 4. The number of nitrogens with one attached hydrogen (secondary N) is 1. The van der Waals surface area contributed by atoms with Crippen LogP contribution < -0.4 is 15.8 Å². The first-order chi connectivity index (χ1) is 9.54. The summed E-state index contributed by atoms with van der Waals surface area (Å²) in [6.45, 7) is 3.06. The van der Waals surface area contributed by atoms with Gasteiger partial charge in [0.2, 0.25) is 0 Å². The van der Waals surface area contributed by atoms with Gasteiger partial charge in [0.25, 0.3) is 5.91 Å². The Balaban J connectivity index is 2.48. The highest BCUT2D eigenvalue weighted by Crippen LogP contribution is 2.27. The Labute approximate surface area is 127 Å². The highest BCUT2D eigenvalue weighted by atomic mass is 79.9. The van der Waals surface area contributed by atoms with Crippen LogP contribution in [0.4, 0.5) is 0 Å². The topological polar surface area (TPSA) is 73.6 Å². The second-order valence-electron chi connectivity index (χ2n) is 4.46. The van der Waals surface area contributed by atoms with E-state index in [0.29, 0.717) is 18.9 Å². The summed E-state index contributed by atoms with van der Waals surface area (Å²) in [4.78, 5) is 11.6. The summed E-state index contributed by atoms with van der Waals surface area (Å²) in [6, 6.07) is 5.45. The average Bonchev–Trinajstić information content (AvgIpc) is 2.41. The molecule has 0 saturated heterocycles. The monoisotopic (exact) mass is 344 g/mol. The zero-order valence-electron chi connectivity index (χ0n) is 11.8. The molecule has 5 nitrogen and oxygen atoms in total. The fourth-order valence-corrected chi connectivity index (χ4v) is 1.99. The molecule has 0 aliphatic carbocycles. The molecule has 0 aliphatic heterocycles. The molecule has 1 amide bonds. The van der Waals surface area contributed by atoms with Gasteiger partial charge in [0.1, 0.15) is 5.75 Å². The van der Waals surface area contributed by atoms with Crippen molar-refractivity contribution in [2.24, 2.45) is 5.73 Å². The van der Waals surface area contributed by atoms with E-state index in [1.54, 1.807) is 7.11 Å². The lowest BCUT2D eigenvalue weighted by Crippen LogP contribution is -2.30. The molecular weight excluding hydrogens is 324 g/mol. The molecule has 6 heteroatoms. The normalized spacial score (nSPS) is 12.0. The number of ether oxygens (including phenoxy) is 2. The number of hydrogen-bond donors (Lipinski definition) is 2. The summed E-state index contributed by atoms with van der Waals surface area (Å²) < 4.78 is 11.3. The van der Waals surface area contributed by atoms with Gasteiger partial charge in [0, 0.05) is 36.3 Å². The van der Waals surface area contributed by atoms with Crippen LogP contribution in [0.15, 0.2) is 22.7 Å². The van der Waals surface area contributed by atoms with Crippen LogP contribution in [0.3, 0.4) is 0 Å². The van der Waals surface area contributed by atoms with E-state index in [9.17, 15) is 4.79 Å². The third kappa shape index (κ3) is 5.90. The zero-order chi connectivity index (χ0) is 15.0. The largest absolute Gasteiger partial charge is 0.483 e. The summed E-state index contributed by atoms with van der Waals surface area (Å²) in [7, 11) is 1.63. The fourth-order valence-electron chi connectivity index (χ4n) is 1.65. The molecule has 0 radical (unpaired) electrons. The van der Waals surface area contributed by atoms with E-state index in [1.165, 1.54) is 0 Å². The molecule has 1 aromatic rings. The summed E-state index contributed by atoms with van der Waals surface area (Å²) in [5, 5.41) is 2.76. The summed E-state index contributed by atoms with van der Waals surface area (Å²) in [5.41, 5.74) is 6.75. The first-order valence-electron chi connectivity index (χ1n) is 6.48. The van der Waals surface area contributed by atoms with Crippen molar-refractivity contribution in [2.45, 2.75) is 19.4 Å². The molecule has 0 aliphatic rings. The van der Waals surface area contributed by atoms with Crippen molar-refractivity contribution in [1.82, 2.24) is 5.32 Å². The van der Waals surface area contributed by atoms with E-state index in [-0.39, 0.29) is 18.6 Å². The highest BCUT2D eigenvalue weighted by Gasteiger charge is 2.10. The lowest BCUT2D eigenvalue weighted by Gasteiger charge is -2.14. The number of rotatable bonds is 8. The van der Waals surface area contributed by atoms with Gasteiger partial charge in [-0.1, -0.05) is 22.0 Å². The van der Waals surface area contributed by atoms with Crippen LogP contribution in [0.2, 0.25) is 0 Å². The van der Waals surface area contributed by atoms with Crippen molar-refractivity contribution in [3.05, 3.63) is 28.2 Å². The molecule has 0 aromatic heterocycles. The van der Waals surface area contributed by atoms with Gasteiger partial charge in [-0.25, -0.2) is 0 Å². The zero-order valence-corrected chi connectivity index (χ0v) is 13.4. The lowest BCUT2D eigenvalue weighted by molar-refractivity contribution is -0.123. The summed E-state index contributed by atoms with van der Waals surface area (Å²) in [6.07, 6.45) is 0.782. The molecule has 3 N–H and O–H groups in total. The Kier molecular flexibility index (Phi) is 7.58. The standard InChI is InChI=1S/C14H21BrN2O3/c1-10(16)12-5-4-11(15)8-13(12)20-9-14(18)17-6-3-7-19-2/h4-5,8,10H,3,6-7,9,16H2,1-2H3,(H,17,18)/t10-/m0/s1. The minimum atomic E-state index is -0.156. The van der Waals surface area contributed by atoms with Crippen LogP contribution in [0.1, 0.15) is 24.9 Å². The molecule has 1 atom stereocenters.